The van der Waals surface area contributed by atoms with Gasteiger partial charge in [0.15, 0.2) is 0 Å². The molecule has 0 aromatic carbocycles. The van der Waals surface area contributed by atoms with Crippen molar-refractivity contribution >= 4 is 15.5 Å². The molecule has 0 bridgehead atoms. The molecule has 1 unspecified atom stereocenters. The molecule has 0 radical (unpaired) electrons. The van der Waals surface area contributed by atoms with E-state index in [1.807, 2.05) is 0 Å². The Labute approximate surface area is 82.4 Å². The summed E-state index contributed by atoms with van der Waals surface area (Å²) in [5, 5.41) is 0. The number of hydrogen-bond acceptors (Lipinski definition) is 6. The van der Waals surface area contributed by atoms with Crippen LogP contribution in [-0.2, 0) is 22.7 Å². The van der Waals surface area contributed by atoms with Crippen LogP contribution in [-0.4, -0.2) is 43.4 Å². The van der Waals surface area contributed by atoms with E-state index >= 15 is 0 Å². The number of likely N-dealkylation sites (N-methyl/N-ethyl adjacent to an activating group) is 1. The molecule has 0 spiro atoms. The first-order chi connectivity index (χ1) is 6.37. The van der Waals surface area contributed by atoms with Gasteiger partial charge in [-0.25, -0.2) is 9.13 Å². The van der Waals surface area contributed by atoms with Crippen LogP contribution in [0.3, 0.4) is 0 Å². The van der Waals surface area contributed by atoms with Crippen molar-refractivity contribution in [2.24, 2.45) is 0 Å². The summed E-state index contributed by atoms with van der Waals surface area (Å²) in [6, 6.07) is 0. The Morgan fingerprint density at radius 3 is 2.50 bits per heavy atom. The van der Waals surface area contributed by atoms with Crippen LogP contribution in [0.15, 0.2) is 0 Å². The maximum atomic E-state index is 11.0. The Kier molecular flexibility index (Phi) is 6.44. The molecule has 0 aromatic heterocycles. The van der Waals surface area contributed by atoms with Crippen molar-refractivity contribution in [3.8, 4) is 0 Å². The van der Waals surface area contributed by atoms with E-state index in [9.17, 15) is 13.7 Å². The van der Waals surface area contributed by atoms with Crippen molar-refractivity contribution in [1.29, 1.82) is 0 Å². The summed E-state index contributed by atoms with van der Waals surface area (Å²) >= 11 is 0. The van der Waals surface area contributed by atoms with Crippen LogP contribution in [0.25, 0.3) is 0 Å². The second-order valence-electron chi connectivity index (χ2n) is 2.60. The average Bonchev–Trinajstić information content (AvgIpc) is 2.02. The highest BCUT2D eigenvalue weighted by atomic mass is 31.2. The molecular weight excluding hydrogens is 232 g/mol. The summed E-state index contributed by atoms with van der Waals surface area (Å²) in [5.41, 5.74) is 0. The van der Waals surface area contributed by atoms with Crippen LogP contribution >= 0.6 is 15.5 Å². The second-order valence-corrected chi connectivity index (χ2v) is 5.23. The minimum atomic E-state index is -3.57. The summed E-state index contributed by atoms with van der Waals surface area (Å²) in [4.78, 5) is 10.5. The topological polar surface area (TPSA) is 93.1 Å². The lowest BCUT2D eigenvalue weighted by molar-refractivity contribution is 0.235. The minimum Gasteiger partial charge on any atom is -0.323 e. The molecule has 1 atom stereocenters. The Morgan fingerprint density at radius 2 is 2.07 bits per heavy atom. The molecule has 14 heavy (non-hydrogen) atoms. The zero-order valence-corrected chi connectivity index (χ0v) is 9.74. The van der Waals surface area contributed by atoms with Crippen LogP contribution in [0.4, 0.5) is 0 Å². The monoisotopic (exact) mass is 245 g/mol. The number of nitrogens with zero attached hydrogens (tertiary/aromatic N) is 1. The van der Waals surface area contributed by atoms with Crippen LogP contribution in [0.2, 0.25) is 0 Å². The smallest absolute Gasteiger partial charge is 0.323 e. The average molecular weight is 245 g/mol. The van der Waals surface area contributed by atoms with Gasteiger partial charge in [0.2, 0.25) is 0 Å². The first-order valence-electron chi connectivity index (χ1n) is 3.71. The van der Waals surface area contributed by atoms with E-state index < -0.39 is 15.5 Å². The molecule has 0 aromatic rings. The van der Waals surface area contributed by atoms with Gasteiger partial charge < -0.3 is 9.42 Å². The van der Waals surface area contributed by atoms with E-state index in [-0.39, 0.29) is 19.4 Å². The fraction of sp³-hybridized carbons (Fsp3) is 1.00. The summed E-state index contributed by atoms with van der Waals surface area (Å²) in [5.74, 6) is 0. The fourth-order valence-corrected chi connectivity index (χ4v) is 1.80. The Morgan fingerprint density at radius 1 is 1.50 bits per heavy atom. The lowest BCUT2D eigenvalue weighted by atomic mass is 10.6. The maximum Gasteiger partial charge on any atom is 0.468 e. The lowest BCUT2D eigenvalue weighted by Crippen LogP contribution is -2.23. The van der Waals surface area contributed by atoms with Crippen molar-refractivity contribution < 1.29 is 27.6 Å². The van der Waals surface area contributed by atoms with E-state index in [4.69, 9.17) is 4.89 Å². The second kappa shape index (κ2) is 6.45. The van der Waals surface area contributed by atoms with Gasteiger partial charge in [-0.3, -0.25) is 14.0 Å². The van der Waals surface area contributed by atoms with Gasteiger partial charge in [0.25, 0.3) is 0 Å². The van der Waals surface area contributed by atoms with E-state index in [1.165, 1.54) is 4.90 Å². The van der Waals surface area contributed by atoms with Crippen LogP contribution in [0.5, 0.6) is 0 Å². The summed E-state index contributed by atoms with van der Waals surface area (Å²) in [7, 11) is -3.73. The van der Waals surface area contributed by atoms with Gasteiger partial charge in [0, 0.05) is 13.7 Å². The fourth-order valence-electron chi connectivity index (χ4n) is 0.705. The van der Waals surface area contributed by atoms with Gasteiger partial charge in [0.1, 0.15) is 6.29 Å². The molecule has 0 aliphatic rings. The van der Waals surface area contributed by atoms with Gasteiger partial charge in [-0.1, -0.05) is 0 Å². The summed E-state index contributed by atoms with van der Waals surface area (Å²) in [6.45, 7) is 0.191. The van der Waals surface area contributed by atoms with E-state index in [2.05, 4.69) is 9.05 Å². The molecule has 84 valence electrons. The van der Waals surface area contributed by atoms with Gasteiger partial charge in [-0.05, 0) is 7.05 Å². The zero-order valence-electron chi connectivity index (χ0n) is 7.95. The van der Waals surface area contributed by atoms with Gasteiger partial charge >= 0.3 is 15.5 Å². The largest absolute Gasteiger partial charge is 0.468 e. The quantitative estimate of drug-likeness (QED) is 0.663. The molecule has 0 amide bonds. The normalized spacial score (nSPS) is 15.4. The van der Waals surface area contributed by atoms with Crippen molar-refractivity contribution in [2.45, 2.75) is 0 Å². The first kappa shape index (κ1) is 14.0. The summed E-state index contributed by atoms with van der Waals surface area (Å²) in [6.07, 6.45) is -0.164. The number of hydrogen-bond donors (Lipinski definition) is 1. The van der Waals surface area contributed by atoms with Crippen molar-refractivity contribution in [1.82, 2.24) is 4.90 Å². The third kappa shape index (κ3) is 7.38. The molecule has 0 saturated heterocycles. The molecule has 0 saturated carbocycles. The highest BCUT2D eigenvalue weighted by molar-refractivity contribution is 7.52. The molecule has 1 N–H and O–H groups in total. The zero-order chi connectivity index (χ0) is 11.2. The summed E-state index contributed by atoms with van der Waals surface area (Å²) < 4.78 is 39.6. The Bertz CT molecular complexity index is 269. The number of rotatable bonds is 7. The first-order valence-corrected chi connectivity index (χ1v) is 6.56. The Balaban J connectivity index is 3.76. The minimum absolute atomic E-state index is 0.0427. The van der Waals surface area contributed by atoms with E-state index in [0.717, 1.165) is 7.11 Å². The van der Waals surface area contributed by atoms with E-state index in [1.54, 1.807) is 7.05 Å². The third-order valence-corrected chi connectivity index (χ3v) is 3.18. The van der Waals surface area contributed by atoms with Gasteiger partial charge in [-0.2, -0.15) is 0 Å². The van der Waals surface area contributed by atoms with Crippen LogP contribution < -0.4 is 0 Å². The van der Waals surface area contributed by atoms with Crippen molar-refractivity contribution in [3.63, 3.8) is 0 Å². The predicted octanol–water partition coefficient (Wildman–Crippen LogP) is 0.812. The molecule has 0 aliphatic carbocycles. The molecular formula is C5H13NO6P2. The maximum absolute atomic E-state index is 11.0. The SMILES string of the molecule is COP(=O)(O)CN(C)CCOP(=O)=O. The molecule has 7 nitrogen and oxygen atoms in total. The predicted molar refractivity (Wildman–Crippen MR) is 48.6 cm³/mol. The van der Waals surface area contributed by atoms with E-state index in [0.29, 0.717) is 0 Å². The molecule has 0 rings (SSSR count). The Hall–Kier alpha value is -0.0300. The highest BCUT2D eigenvalue weighted by Gasteiger charge is 2.19. The third-order valence-electron chi connectivity index (χ3n) is 1.38. The van der Waals surface area contributed by atoms with Gasteiger partial charge in [0.05, 0.1) is 6.61 Å². The van der Waals surface area contributed by atoms with Crippen LogP contribution in [0, 0.1) is 0 Å². The molecule has 0 heterocycles. The molecule has 9 heteroatoms. The van der Waals surface area contributed by atoms with Crippen molar-refractivity contribution in [3.05, 3.63) is 0 Å². The lowest BCUT2D eigenvalue weighted by Gasteiger charge is -2.17. The van der Waals surface area contributed by atoms with Crippen molar-refractivity contribution in [2.75, 3.05) is 33.6 Å². The highest BCUT2D eigenvalue weighted by Crippen LogP contribution is 2.40. The molecule has 0 aliphatic heterocycles. The van der Waals surface area contributed by atoms with Gasteiger partial charge in [-0.15, -0.1) is 0 Å². The van der Waals surface area contributed by atoms with Crippen LogP contribution in [0.1, 0.15) is 0 Å². The molecule has 0 fully saturated rings. The standard InChI is InChI=1S/C5H13NO6P2/c1-6(3-4-12-13(7)8)5-14(9,10)11-2/h3-5H2,1-2H3,(H,9,10).